The van der Waals surface area contributed by atoms with Crippen molar-refractivity contribution in [2.45, 2.75) is 13.2 Å². The predicted octanol–water partition coefficient (Wildman–Crippen LogP) is 5.41. The molecule has 30 heavy (non-hydrogen) atoms. The Morgan fingerprint density at radius 1 is 0.800 bits per heavy atom. The summed E-state index contributed by atoms with van der Waals surface area (Å²) < 4.78 is 5.88. The van der Waals surface area contributed by atoms with Crippen LogP contribution in [0.15, 0.2) is 78.9 Å². The number of hydrogen-bond donors (Lipinski definition) is 0. The Hall–Kier alpha value is -2.40. The van der Waals surface area contributed by atoms with Crippen molar-refractivity contribution in [1.82, 2.24) is 9.80 Å². The molecule has 0 aliphatic carbocycles. The highest BCUT2D eigenvalue weighted by molar-refractivity contribution is 7.80. The molecular weight excluding hydrogens is 412 g/mol. The molecule has 1 fully saturated rings. The molecule has 0 radical (unpaired) electrons. The van der Waals surface area contributed by atoms with Crippen LogP contribution in [0.5, 0.6) is 5.75 Å². The Balaban J connectivity index is 1.27. The Morgan fingerprint density at radius 2 is 1.47 bits per heavy atom. The largest absolute Gasteiger partial charge is 0.489 e. The van der Waals surface area contributed by atoms with Crippen molar-refractivity contribution in [1.29, 1.82) is 0 Å². The maximum Gasteiger partial charge on any atom is 0.119 e. The standard InChI is InChI=1S/C25H25ClN2OS/c26-23-10-6-21(7-11-23)19-29-24-12-8-22(9-13-24)25(30)28-16-14-27(15-17-28)18-20-4-2-1-3-5-20/h1-13H,14-19H2. The van der Waals surface area contributed by atoms with Crippen LogP contribution in [-0.4, -0.2) is 41.0 Å². The fourth-order valence-corrected chi connectivity index (χ4v) is 4.02. The highest BCUT2D eigenvalue weighted by atomic mass is 35.5. The van der Waals surface area contributed by atoms with Crippen molar-refractivity contribution in [3.8, 4) is 5.75 Å². The number of halogens is 1. The zero-order valence-electron chi connectivity index (χ0n) is 16.8. The molecule has 1 heterocycles. The zero-order chi connectivity index (χ0) is 20.8. The van der Waals surface area contributed by atoms with Crippen LogP contribution in [0.3, 0.4) is 0 Å². The Kier molecular flexibility index (Phi) is 7.00. The monoisotopic (exact) mass is 436 g/mol. The Bertz CT molecular complexity index is 953. The van der Waals surface area contributed by atoms with Crippen molar-refractivity contribution >= 4 is 28.8 Å². The molecule has 3 aromatic carbocycles. The summed E-state index contributed by atoms with van der Waals surface area (Å²) in [5, 5.41) is 0.734. The molecule has 0 saturated carbocycles. The van der Waals surface area contributed by atoms with E-state index in [0.717, 1.165) is 59.6 Å². The number of benzene rings is 3. The van der Waals surface area contributed by atoms with E-state index in [4.69, 9.17) is 28.6 Å². The smallest absolute Gasteiger partial charge is 0.119 e. The molecule has 4 rings (SSSR count). The lowest BCUT2D eigenvalue weighted by Crippen LogP contribution is -2.47. The molecule has 0 bridgehead atoms. The average molecular weight is 437 g/mol. The number of piperazine rings is 1. The van der Waals surface area contributed by atoms with Gasteiger partial charge in [-0.05, 0) is 47.5 Å². The molecule has 3 aromatic rings. The van der Waals surface area contributed by atoms with E-state index in [0.29, 0.717) is 6.61 Å². The predicted molar refractivity (Wildman–Crippen MR) is 127 cm³/mol. The quantitative estimate of drug-likeness (QED) is 0.480. The van der Waals surface area contributed by atoms with Gasteiger partial charge in [-0.15, -0.1) is 0 Å². The highest BCUT2D eigenvalue weighted by Crippen LogP contribution is 2.18. The minimum absolute atomic E-state index is 0.518. The van der Waals surface area contributed by atoms with Crippen molar-refractivity contribution in [2.24, 2.45) is 0 Å². The highest BCUT2D eigenvalue weighted by Gasteiger charge is 2.19. The van der Waals surface area contributed by atoms with Gasteiger partial charge in [-0.1, -0.05) is 66.3 Å². The van der Waals surface area contributed by atoms with Crippen molar-refractivity contribution < 1.29 is 4.74 Å². The van der Waals surface area contributed by atoms with Crippen molar-refractivity contribution in [2.75, 3.05) is 26.2 Å². The van der Waals surface area contributed by atoms with E-state index < -0.39 is 0 Å². The lowest BCUT2D eigenvalue weighted by molar-refractivity contribution is 0.177. The summed E-state index contributed by atoms with van der Waals surface area (Å²) in [6.45, 7) is 5.49. The summed E-state index contributed by atoms with van der Waals surface area (Å²) in [4.78, 5) is 5.71. The van der Waals surface area contributed by atoms with E-state index in [9.17, 15) is 0 Å². The second kappa shape index (κ2) is 10.1. The van der Waals surface area contributed by atoms with Crippen LogP contribution in [0.1, 0.15) is 16.7 Å². The molecule has 3 nitrogen and oxygen atoms in total. The summed E-state index contributed by atoms with van der Waals surface area (Å²) in [6, 6.07) is 26.4. The first-order chi connectivity index (χ1) is 14.7. The lowest BCUT2D eigenvalue weighted by atomic mass is 10.1. The molecule has 0 amide bonds. The first-order valence-electron chi connectivity index (χ1n) is 10.2. The van der Waals surface area contributed by atoms with E-state index in [1.54, 1.807) is 0 Å². The molecule has 1 aliphatic rings. The number of hydrogen-bond acceptors (Lipinski definition) is 3. The van der Waals surface area contributed by atoms with Crippen molar-refractivity contribution in [3.05, 3.63) is 101 Å². The molecule has 0 N–H and O–H groups in total. The number of rotatable bonds is 6. The van der Waals surface area contributed by atoms with Crippen LogP contribution in [0.25, 0.3) is 0 Å². The molecule has 0 spiro atoms. The van der Waals surface area contributed by atoms with Gasteiger partial charge in [0.25, 0.3) is 0 Å². The Labute approximate surface area is 188 Å². The third kappa shape index (κ3) is 5.60. The van der Waals surface area contributed by atoms with E-state index in [-0.39, 0.29) is 0 Å². The van der Waals surface area contributed by atoms with Gasteiger partial charge >= 0.3 is 0 Å². The fraction of sp³-hybridized carbons (Fsp3) is 0.240. The summed E-state index contributed by atoms with van der Waals surface area (Å²) in [5.41, 5.74) is 3.52. The van der Waals surface area contributed by atoms with Gasteiger partial charge in [0.1, 0.15) is 17.3 Å². The number of nitrogens with zero attached hydrogens (tertiary/aromatic N) is 2. The summed E-state index contributed by atoms with van der Waals surface area (Å²) >= 11 is 11.7. The van der Waals surface area contributed by atoms with Gasteiger partial charge in [0, 0.05) is 43.3 Å². The normalized spacial score (nSPS) is 14.5. The third-order valence-electron chi connectivity index (χ3n) is 5.33. The van der Waals surface area contributed by atoms with Gasteiger partial charge in [0.05, 0.1) is 0 Å². The van der Waals surface area contributed by atoms with Gasteiger partial charge < -0.3 is 9.64 Å². The summed E-state index contributed by atoms with van der Waals surface area (Å²) in [7, 11) is 0. The Morgan fingerprint density at radius 3 is 2.13 bits per heavy atom. The topological polar surface area (TPSA) is 15.7 Å². The summed E-state index contributed by atoms with van der Waals surface area (Å²) in [6.07, 6.45) is 0. The first kappa shape index (κ1) is 20.9. The minimum atomic E-state index is 0.518. The second-order valence-electron chi connectivity index (χ2n) is 7.49. The van der Waals surface area contributed by atoms with Crippen molar-refractivity contribution in [3.63, 3.8) is 0 Å². The van der Waals surface area contributed by atoms with E-state index >= 15 is 0 Å². The number of ether oxygens (including phenoxy) is 1. The molecule has 0 unspecified atom stereocenters. The van der Waals surface area contributed by atoms with Crippen LogP contribution in [0, 0.1) is 0 Å². The van der Waals surface area contributed by atoms with E-state index in [1.807, 2.05) is 36.4 Å². The first-order valence-corrected chi connectivity index (χ1v) is 11.0. The molecule has 154 valence electrons. The van der Waals surface area contributed by atoms with Crippen LogP contribution < -0.4 is 4.74 Å². The molecule has 1 saturated heterocycles. The van der Waals surface area contributed by atoms with Gasteiger partial charge in [-0.25, -0.2) is 0 Å². The third-order valence-corrected chi connectivity index (χ3v) is 6.07. The maximum atomic E-state index is 5.92. The van der Waals surface area contributed by atoms with Crippen LogP contribution in [0.2, 0.25) is 5.02 Å². The lowest BCUT2D eigenvalue weighted by Gasteiger charge is -2.36. The van der Waals surface area contributed by atoms with Crippen LogP contribution in [0.4, 0.5) is 0 Å². The SMILES string of the molecule is S=C(c1ccc(OCc2ccc(Cl)cc2)cc1)N1CCN(Cc2ccccc2)CC1. The molecule has 5 heteroatoms. The zero-order valence-corrected chi connectivity index (χ0v) is 18.4. The maximum absolute atomic E-state index is 5.92. The van der Waals surface area contributed by atoms with Gasteiger partial charge in [0.15, 0.2) is 0 Å². The van der Waals surface area contributed by atoms with Gasteiger partial charge in [0.2, 0.25) is 0 Å². The second-order valence-corrected chi connectivity index (χ2v) is 8.32. The van der Waals surface area contributed by atoms with Crippen LogP contribution in [-0.2, 0) is 13.2 Å². The summed E-state index contributed by atoms with van der Waals surface area (Å²) in [5.74, 6) is 0.837. The number of thiocarbonyl (C=S) groups is 1. The molecule has 1 aliphatic heterocycles. The molecular formula is C25H25ClN2OS. The van der Waals surface area contributed by atoms with Crippen LogP contribution >= 0.6 is 23.8 Å². The van der Waals surface area contributed by atoms with Gasteiger partial charge in [-0.3, -0.25) is 4.90 Å². The average Bonchev–Trinajstić information content (AvgIpc) is 2.80. The molecule has 0 aromatic heterocycles. The van der Waals surface area contributed by atoms with E-state index in [2.05, 4.69) is 52.3 Å². The van der Waals surface area contributed by atoms with E-state index in [1.165, 1.54) is 5.56 Å². The minimum Gasteiger partial charge on any atom is -0.489 e. The molecule has 0 atom stereocenters. The fourth-order valence-electron chi connectivity index (χ4n) is 3.57. The van der Waals surface area contributed by atoms with Gasteiger partial charge in [-0.2, -0.15) is 0 Å².